The molecule has 1 N–H and O–H groups in total. The predicted octanol–water partition coefficient (Wildman–Crippen LogP) is 2.88. The van der Waals surface area contributed by atoms with Gasteiger partial charge < -0.3 is 10.1 Å². The van der Waals surface area contributed by atoms with Crippen LogP contribution in [0.15, 0.2) is 39.8 Å². The molecule has 0 radical (unpaired) electrons. The largest absolute Gasteiger partial charge is 0.444 e. The van der Waals surface area contributed by atoms with Crippen molar-refractivity contribution in [2.24, 2.45) is 0 Å². The third-order valence-corrected chi connectivity index (χ3v) is 7.07. The number of hydrogen-bond donors (Lipinski definition) is 1. The lowest BCUT2D eigenvalue weighted by molar-refractivity contribution is 0.0457. The van der Waals surface area contributed by atoms with Crippen molar-refractivity contribution < 1.29 is 17.9 Å². The van der Waals surface area contributed by atoms with Crippen molar-refractivity contribution in [3.63, 3.8) is 0 Å². The van der Waals surface area contributed by atoms with Crippen LogP contribution >= 0.6 is 15.9 Å². The van der Waals surface area contributed by atoms with Crippen LogP contribution in [0.4, 0.5) is 4.79 Å². The Balaban J connectivity index is 1.84. The first-order chi connectivity index (χ1) is 14.0. The number of ether oxygens (including phenoxy) is 1. The highest BCUT2D eigenvalue weighted by atomic mass is 79.9. The van der Waals surface area contributed by atoms with Crippen LogP contribution in [-0.4, -0.2) is 58.5 Å². The zero-order valence-electron chi connectivity index (χ0n) is 17.4. The van der Waals surface area contributed by atoms with Crippen molar-refractivity contribution >= 4 is 32.0 Å². The minimum Gasteiger partial charge on any atom is -0.444 e. The molecular weight excluding hydrogens is 474 g/mol. The van der Waals surface area contributed by atoms with Crippen LogP contribution in [0.1, 0.15) is 38.9 Å². The van der Waals surface area contributed by atoms with E-state index in [0.717, 1.165) is 10.2 Å². The lowest BCUT2D eigenvalue weighted by Gasteiger charge is -2.38. The quantitative estimate of drug-likeness (QED) is 0.692. The van der Waals surface area contributed by atoms with Gasteiger partial charge in [0, 0.05) is 23.8 Å². The lowest BCUT2D eigenvalue weighted by Crippen LogP contribution is -2.55. The van der Waals surface area contributed by atoms with Gasteiger partial charge >= 0.3 is 6.09 Å². The molecule has 9 nitrogen and oxygen atoms in total. The summed E-state index contributed by atoms with van der Waals surface area (Å²) in [5.74, 6) is 0. The van der Waals surface area contributed by atoms with E-state index in [4.69, 9.17) is 4.74 Å². The van der Waals surface area contributed by atoms with Crippen LogP contribution in [0.3, 0.4) is 0 Å². The Morgan fingerprint density at radius 3 is 2.50 bits per heavy atom. The van der Waals surface area contributed by atoms with E-state index in [0.29, 0.717) is 13.0 Å². The smallest absolute Gasteiger partial charge is 0.407 e. The van der Waals surface area contributed by atoms with E-state index in [2.05, 4.69) is 31.6 Å². The number of carbonyl (C=O) groups is 1. The Bertz CT molecular complexity index is 1000. The summed E-state index contributed by atoms with van der Waals surface area (Å²) < 4.78 is 35.5. The highest BCUT2D eigenvalue weighted by Gasteiger charge is 2.38. The maximum atomic E-state index is 13.1. The molecule has 2 heterocycles. The maximum absolute atomic E-state index is 13.1. The minimum absolute atomic E-state index is 0.0984. The van der Waals surface area contributed by atoms with E-state index in [1.54, 1.807) is 55.9 Å². The van der Waals surface area contributed by atoms with Crippen molar-refractivity contribution in [2.45, 2.75) is 56.7 Å². The van der Waals surface area contributed by atoms with Gasteiger partial charge in [-0.15, -0.1) is 5.10 Å². The number of nitrogens with zero attached hydrogens (tertiary/aromatic N) is 4. The van der Waals surface area contributed by atoms with Crippen LogP contribution in [0.2, 0.25) is 0 Å². The third kappa shape index (κ3) is 5.38. The number of aromatic nitrogens is 3. The fourth-order valence-electron chi connectivity index (χ4n) is 3.33. The molecule has 2 aromatic rings. The van der Waals surface area contributed by atoms with E-state index in [1.807, 2.05) is 6.92 Å². The number of alkyl carbamates (subject to hydrolysis) is 1. The van der Waals surface area contributed by atoms with Crippen molar-refractivity contribution in [2.75, 3.05) is 13.1 Å². The topological polar surface area (TPSA) is 106 Å². The molecule has 1 amide bonds. The number of halogens is 1. The first-order valence-corrected chi connectivity index (χ1v) is 11.8. The number of hydrogen-bond acceptors (Lipinski definition) is 6. The molecular formula is C19H26BrN5O4S. The van der Waals surface area contributed by atoms with E-state index >= 15 is 0 Å². The molecule has 1 aromatic carbocycles. The number of aryl methyl sites for hydroxylation is 1. The molecule has 1 aromatic heterocycles. The van der Waals surface area contributed by atoms with Crippen LogP contribution in [0.5, 0.6) is 0 Å². The van der Waals surface area contributed by atoms with E-state index in [1.165, 1.54) is 4.31 Å². The Labute approximate surface area is 185 Å². The zero-order valence-corrected chi connectivity index (χ0v) is 19.8. The average molecular weight is 500 g/mol. The number of piperidine rings is 1. The number of amides is 1. The summed E-state index contributed by atoms with van der Waals surface area (Å²) in [6, 6.07) is 5.73. The second-order valence-electron chi connectivity index (χ2n) is 8.27. The summed E-state index contributed by atoms with van der Waals surface area (Å²) in [4.78, 5) is 12.6. The van der Waals surface area contributed by atoms with Crippen LogP contribution < -0.4 is 5.32 Å². The van der Waals surface area contributed by atoms with Gasteiger partial charge in [0.2, 0.25) is 10.0 Å². The van der Waals surface area contributed by atoms with Gasteiger partial charge in [-0.25, -0.2) is 17.9 Å². The molecule has 164 valence electrons. The Morgan fingerprint density at radius 1 is 1.27 bits per heavy atom. The molecule has 0 saturated carbocycles. The van der Waals surface area contributed by atoms with Gasteiger partial charge in [-0.1, -0.05) is 21.1 Å². The van der Waals surface area contributed by atoms with Crippen molar-refractivity contribution in [3.8, 4) is 0 Å². The van der Waals surface area contributed by atoms with Gasteiger partial charge in [0.1, 0.15) is 5.60 Å². The van der Waals surface area contributed by atoms with Gasteiger partial charge in [-0.2, -0.15) is 4.31 Å². The Hall–Kier alpha value is -1.98. The standard InChI is InChI=1S/C19H26BrN5O4S/c1-13-11-25(23-22-13)17-9-10-24(12-16(17)21-18(26)29-19(2,3)4)30(27,28)15-7-5-14(20)6-8-15/h5-8,11,16-17H,9-10,12H2,1-4H3,(H,21,26)/t16-,17-/m0/s1. The maximum Gasteiger partial charge on any atom is 0.407 e. The van der Waals surface area contributed by atoms with E-state index in [-0.39, 0.29) is 17.5 Å². The zero-order chi connectivity index (χ0) is 22.1. The highest BCUT2D eigenvalue weighted by molar-refractivity contribution is 9.10. The van der Waals surface area contributed by atoms with Crippen molar-refractivity contribution in [3.05, 3.63) is 40.6 Å². The lowest BCUT2D eigenvalue weighted by atomic mass is 10.0. The van der Waals surface area contributed by atoms with E-state index < -0.39 is 27.8 Å². The summed E-state index contributed by atoms with van der Waals surface area (Å²) in [7, 11) is -3.71. The molecule has 0 unspecified atom stereocenters. The molecule has 1 aliphatic rings. The molecule has 1 fully saturated rings. The fraction of sp³-hybridized carbons (Fsp3) is 0.526. The first kappa shape index (κ1) is 22.7. The SMILES string of the molecule is Cc1cn([C@H]2CCN(S(=O)(=O)c3ccc(Br)cc3)C[C@@H]2NC(=O)OC(C)(C)C)nn1. The van der Waals surface area contributed by atoms with Crippen molar-refractivity contribution in [1.82, 2.24) is 24.6 Å². The number of nitrogens with one attached hydrogen (secondary N) is 1. The molecule has 0 aliphatic carbocycles. The summed E-state index contributed by atoms with van der Waals surface area (Å²) in [6.07, 6.45) is 1.66. The molecule has 2 atom stereocenters. The summed E-state index contributed by atoms with van der Waals surface area (Å²) in [5, 5.41) is 11.0. The van der Waals surface area contributed by atoms with Crippen LogP contribution in [0, 0.1) is 6.92 Å². The molecule has 0 spiro atoms. The number of sulfonamides is 1. The average Bonchev–Trinajstić information content (AvgIpc) is 3.06. The third-order valence-electron chi connectivity index (χ3n) is 4.66. The molecule has 1 saturated heterocycles. The Kier molecular flexibility index (Phi) is 6.54. The summed E-state index contributed by atoms with van der Waals surface area (Å²) in [5.41, 5.74) is 0.0808. The highest BCUT2D eigenvalue weighted by Crippen LogP contribution is 2.28. The summed E-state index contributed by atoms with van der Waals surface area (Å²) in [6.45, 7) is 7.55. The Morgan fingerprint density at radius 2 is 1.93 bits per heavy atom. The minimum atomic E-state index is -3.71. The molecule has 30 heavy (non-hydrogen) atoms. The van der Waals surface area contributed by atoms with Crippen LogP contribution in [-0.2, 0) is 14.8 Å². The van der Waals surface area contributed by atoms with Gasteiger partial charge in [-0.3, -0.25) is 0 Å². The van der Waals surface area contributed by atoms with Crippen molar-refractivity contribution in [1.29, 1.82) is 0 Å². The molecule has 0 bridgehead atoms. The normalized spacial score (nSPS) is 20.7. The predicted molar refractivity (Wildman–Crippen MR) is 114 cm³/mol. The first-order valence-electron chi connectivity index (χ1n) is 9.59. The molecule has 1 aliphatic heterocycles. The summed E-state index contributed by atoms with van der Waals surface area (Å²) >= 11 is 3.32. The molecule has 3 rings (SSSR count). The van der Waals surface area contributed by atoms with Gasteiger partial charge in [0.05, 0.1) is 22.7 Å². The molecule has 11 heteroatoms. The van der Waals surface area contributed by atoms with Gasteiger partial charge in [0.15, 0.2) is 0 Å². The monoisotopic (exact) mass is 499 g/mol. The fourth-order valence-corrected chi connectivity index (χ4v) is 5.07. The second-order valence-corrected chi connectivity index (χ2v) is 11.1. The van der Waals surface area contributed by atoms with E-state index in [9.17, 15) is 13.2 Å². The number of benzene rings is 1. The number of carbonyl (C=O) groups excluding carboxylic acids is 1. The van der Waals surface area contributed by atoms with Gasteiger partial charge in [-0.05, 0) is 58.4 Å². The number of rotatable bonds is 4. The van der Waals surface area contributed by atoms with Gasteiger partial charge in [0.25, 0.3) is 0 Å². The van der Waals surface area contributed by atoms with Crippen LogP contribution in [0.25, 0.3) is 0 Å². The second kappa shape index (κ2) is 8.64.